The molecule has 0 aliphatic carbocycles. The molecule has 0 fully saturated rings. The number of methoxy groups -OCH3 is 1. The lowest BCUT2D eigenvalue weighted by atomic mass is 10.0. The second kappa shape index (κ2) is 7.25. The van der Waals surface area contributed by atoms with Gasteiger partial charge in [-0.2, -0.15) is 5.10 Å². The van der Waals surface area contributed by atoms with Gasteiger partial charge in [0.25, 0.3) is 0 Å². The van der Waals surface area contributed by atoms with Crippen LogP contribution in [-0.2, 0) is 0 Å². The number of hydrogen-bond acceptors (Lipinski definition) is 5. The summed E-state index contributed by atoms with van der Waals surface area (Å²) in [7, 11) is 1.65. The molecule has 0 saturated carbocycles. The van der Waals surface area contributed by atoms with Crippen molar-refractivity contribution in [1.82, 2.24) is 0 Å². The number of hydrogen-bond donors (Lipinski definition) is 1. The molecule has 0 saturated heterocycles. The summed E-state index contributed by atoms with van der Waals surface area (Å²) in [4.78, 5) is 12.3. The minimum atomic E-state index is -0.933. The molecule has 2 heterocycles. The zero-order chi connectivity index (χ0) is 18.8. The maximum absolute atomic E-state index is 11.1. The molecule has 1 aromatic heterocycles. The van der Waals surface area contributed by atoms with E-state index >= 15 is 0 Å². The Morgan fingerprint density at radius 3 is 2.48 bits per heavy atom. The fraction of sp³-hybridized carbons (Fsp3) is 0.143. The van der Waals surface area contributed by atoms with Crippen LogP contribution in [0, 0.1) is 0 Å². The standard InChI is InChI=1S/C21H18N2O3S/c1-26-17-10-6-14(7-11-17)19-13-18(20-3-2-12-27-20)22-23(19)16-8-4-15(5-9-16)21(24)25/h2-12,19H,13H2,1H3,(H,24,25). The summed E-state index contributed by atoms with van der Waals surface area (Å²) in [5, 5.41) is 18.0. The molecule has 136 valence electrons. The van der Waals surface area contributed by atoms with Gasteiger partial charge in [0, 0.05) is 6.42 Å². The van der Waals surface area contributed by atoms with E-state index in [0.717, 1.165) is 34.0 Å². The number of hydrazone groups is 1. The van der Waals surface area contributed by atoms with Crippen molar-refractivity contribution in [2.45, 2.75) is 12.5 Å². The highest BCUT2D eigenvalue weighted by Gasteiger charge is 2.30. The van der Waals surface area contributed by atoms with Crippen molar-refractivity contribution in [2.24, 2.45) is 5.10 Å². The molecule has 1 aliphatic heterocycles. The highest BCUT2D eigenvalue weighted by molar-refractivity contribution is 7.12. The first kappa shape index (κ1) is 17.3. The minimum Gasteiger partial charge on any atom is -0.497 e. The Labute approximate surface area is 161 Å². The van der Waals surface area contributed by atoms with Gasteiger partial charge in [-0.3, -0.25) is 5.01 Å². The zero-order valence-electron chi connectivity index (χ0n) is 14.7. The Morgan fingerprint density at radius 1 is 1.15 bits per heavy atom. The van der Waals surface area contributed by atoms with Crippen molar-refractivity contribution in [3.63, 3.8) is 0 Å². The van der Waals surface area contributed by atoms with Gasteiger partial charge in [0.15, 0.2) is 0 Å². The Balaban J connectivity index is 1.71. The van der Waals surface area contributed by atoms with Crippen molar-refractivity contribution in [3.05, 3.63) is 82.0 Å². The highest BCUT2D eigenvalue weighted by atomic mass is 32.1. The lowest BCUT2D eigenvalue weighted by molar-refractivity contribution is 0.0697. The topological polar surface area (TPSA) is 62.1 Å². The average molecular weight is 378 g/mol. The van der Waals surface area contributed by atoms with E-state index < -0.39 is 5.97 Å². The predicted octanol–water partition coefficient (Wildman–Crippen LogP) is 4.81. The summed E-state index contributed by atoms with van der Waals surface area (Å²) < 4.78 is 5.26. The number of ether oxygens (including phenoxy) is 1. The zero-order valence-corrected chi connectivity index (χ0v) is 15.5. The molecular weight excluding hydrogens is 360 g/mol. The van der Waals surface area contributed by atoms with Crippen LogP contribution >= 0.6 is 11.3 Å². The quantitative estimate of drug-likeness (QED) is 0.692. The van der Waals surface area contributed by atoms with E-state index in [4.69, 9.17) is 14.9 Å². The van der Waals surface area contributed by atoms with Gasteiger partial charge in [-0.05, 0) is 53.4 Å². The van der Waals surface area contributed by atoms with Crippen molar-refractivity contribution in [3.8, 4) is 5.75 Å². The van der Waals surface area contributed by atoms with Crippen molar-refractivity contribution in [2.75, 3.05) is 12.1 Å². The van der Waals surface area contributed by atoms with E-state index in [1.807, 2.05) is 28.6 Å². The Morgan fingerprint density at radius 2 is 1.89 bits per heavy atom. The number of carbonyl (C=O) groups is 1. The van der Waals surface area contributed by atoms with Crippen LogP contribution in [0.1, 0.15) is 33.3 Å². The smallest absolute Gasteiger partial charge is 0.335 e. The van der Waals surface area contributed by atoms with Crippen LogP contribution in [0.25, 0.3) is 0 Å². The van der Waals surface area contributed by atoms with Crippen LogP contribution in [-0.4, -0.2) is 23.9 Å². The summed E-state index contributed by atoms with van der Waals surface area (Å²) in [6.07, 6.45) is 0.785. The van der Waals surface area contributed by atoms with E-state index in [0.29, 0.717) is 0 Å². The molecule has 3 aromatic rings. The van der Waals surface area contributed by atoms with E-state index in [2.05, 4.69) is 18.2 Å². The van der Waals surface area contributed by atoms with E-state index in [9.17, 15) is 4.79 Å². The van der Waals surface area contributed by atoms with Gasteiger partial charge in [0.05, 0.1) is 35.0 Å². The maximum atomic E-state index is 11.1. The SMILES string of the molecule is COc1ccc(C2CC(c3cccs3)=NN2c2ccc(C(=O)O)cc2)cc1. The van der Waals surface area contributed by atoms with Crippen LogP contribution in [0.3, 0.4) is 0 Å². The van der Waals surface area contributed by atoms with Gasteiger partial charge in [-0.15, -0.1) is 11.3 Å². The van der Waals surface area contributed by atoms with Crippen molar-refractivity contribution >= 4 is 28.7 Å². The Kier molecular flexibility index (Phi) is 4.64. The van der Waals surface area contributed by atoms with Crippen molar-refractivity contribution < 1.29 is 14.6 Å². The van der Waals surface area contributed by atoms with E-state index in [1.165, 1.54) is 0 Å². The van der Waals surface area contributed by atoms with Crippen LogP contribution in [0.4, 0.5) is 5.69 Å². The van der Waals surface area contributed by atoms with E-state index in [-0.39, 0.29) is 11.6 Å². The first-order chi connectivity index (χ1) is 13.2. The molecule has 1 unspecified atom stereocenters. The fourth-order valence-electron chi connectivity index (χ4n) is 3.18. The second-order valence-electron chi connectivity index (χ2n) is 6.21. The normalized spacial score (nSPS) is 16.3. The van der Waals surface area contributed by atoms with Crippen LogP contribution < -0.4 is 9.75 Å². The molecule has 0 amide bonds. The molecule has 2 aromatic carbocycles. The lowest BCUT2D eigenvalue weighted by Crippen LogP contribution is -2.18. The number of benzene rings is 2. The summed E-state index contributed by atoms with van der Waals surface area (Å²) in [6.45, 7) is 0. The third-order valence-corrected chi connectivity index (χ3v) is 5.51. The third-order valence-electron chi connectivity index (χ3n) is 4.60. The molecule has 0 bridgehead atoms. The first-order valence-corrected chi connectivity index (χ1v) is 9.41. The third kappa shape index (κ3) is 3.44. The Bertz CT molecular complexity index is 964. The number of thiophene rings is 1. The number of nitrogens with zero attached hydrogens (tertiary/aromatic N) is 2. The number of aromatic carboxylic acids is 1. The number of rotatable bonds is 5. The van der Waals surface area contributed by atoms with Gasteiger partial charge in [0.1, 0.15) is 5.75 Å². The van der Waals surface area contributed by atoms with Crippen LogP contribution in [0.2, 0.25) is 0 Å². The molecule has 6 heteroatoms. The van der Waals surface area contributed by atoms with Gasteiger partial charge in [-0.1, -0.05) is 18.2 Å². The Hall–Kier alpha value is -3.12. The number of anilines is 1. The predicted molar refractivity (Wildman–Crippen MR) is 107 cm³/mol. The number of carboxylic acids is 1. The average Bonchev–Trinajstić information content (AvgIpc) is 3.38. The first-order valence-electron chi connectivity index (χ1n) is 8.53. The molecule has 4 rings (SSSR count). The van der Waals surface area contributed by atoms with Crippen molar-refractivity contribution in [1.29, 1.82) is 0 Å². The summed E-state index contributed by atoms with van der Waals surface area (Å²) in [5.74, 6) is -0.119. The van der Waals surface area contributed by atoms with Crippen LogP contribution in [0.15, 0.2) is 71.1 Å². The highest BCUT2D eigenvalue weighted by Crippen LogP contribution is 2.37. The second-order valence-corrected chi connectivity index (χ2v) is 7.16. The largest absolute Gasteiger partial charge is 0.497 e. The van der Waals surface area contributed by atoms with E-state index in [1.54, 1.807) is 42.7 Å². The molecule has 1 aliphatic rings. The van der Waals surface area contributed by atoms with Gasteiger partial charge in [-0.25, -0.2) is 4.79 Å². The molecule has 27 heavy (non-hydrogen) atoms. The van der Waals surface area contributed by atoms with Gasteiger partial charge >= 0.3 is 5.97 Å². The van der Waals surface area contributed by atoms with Gasteiger partial charge in [0.2, 0.25) is 0 Å². The molecule has 1 atom stereocenters. The molecule has 0 radical (unpaired) electrons. The molecule has 5 nitrogen and oxygen atoms in total. The minimum absolute atomic E-state index is 0.0451. The molecule has 1 N–H and O–H groups in total. The lowest BCUT2D eigenvalue weighted by Gasteiger charge is -2.24. The fourth-order valence-corrected chi connectivity index (χ4v) is 3.90. The monoisotopic (exact) mass is 378 g/mol. The molecule has 0 spiro atoms. The summed E-state index contributed by atoms with van der Waals surface area (Å²) in [6, 6.07) is 19.0. The molecular formula is C21H18N2O3S. The summed E-state index contributed by atoms with van der Waals surface area (Å²) >= 11 is 1.67. The summed E-state index contributed by atoms with van der Waals surface area (Å²) in [5.41, 5.74) is 3.30. The van der Waals surface area contributed by atoms with Crippen LogP contribution in [0.5, 0.6) is 5.75 Å². The maximum Gasteiger partial charge on any atom is 0.335 e. The number of carboxylic acid groups (broad SMARTS) is 1. The van der Waals surface area contributed by atoms with Gasteiger partial charge < -0.3 is 9.84 Å².